The molecule has 0 heterocycles. The van der Waals surface area contributed by atoms with Gasteiger partial charge in [-0.15, -0.1) is 0 Å². The standard InChI is InChI=1S/C53H78O3P2/c1-13-20-24-41-30-38(8)31-47(34-41)54-53(12,19-7)58-56-51-44(26-22-15-3)32-40(17-5)35-48(51)49-36-42(25-21-14-2)33-45(27-23-16-4)50(49)55-57-52(10,11)46-29-28-39(9)43(18-6)37-46/h17-18,28-32,34-35,37,42,49,57-58H,5-6,13-16,19-27,33,36H2,1-4,7-12H3. The van der Waals surface area contributed by atoms with Gasteiger partial charge in [-0.1, -0.05) is 123 Å². The molecule has 1 aliphatic carbocycles. The van der Waals surface area contributed by atoms with Gasteiger partial charge in [0.05, 0.1) is 8.81 Å². The first-order chi connectivity index (χ1) is 27.8. The second-order valence-corrected chi connectivity index (χ2v) is 20.9. The Morgan fingerprint density at radius 2 is 1.47 bits per heavy atom. The third kappa shape index (κ3) is 13.3. The van der Waals surface area contributed by atoms with Crippen molar-refractivity contribution in [3.63, 3.8) is 0 Å². The summed E-state index contributed by atoms with van der Waals surface area (Å²) < 4.78 is 21.6. The largest absolute Gasteiger partial charge is 0.480 e. The van der Waals surface area contributed by atoms with Crippen LogP contribution in [0.4, 0.5) is 0 Å². The van der Waals surface area contributed by atoms with Gasteiger partial charge in [0.25, 0.3) is 0 Å². The van der Waals surface area contributed by atoms with Gasteiger partial charge in [0.15, 0.2) is 5.34 Å². The minimum Gasteiger partial charge on any atom is -0.480 e. The van der Waals surface area contributed by atoms with Gasteiger partial charge in [-0.25, -0.2) is 0 Å². The number of ether oxygens (including phenoxy) is 1. The van der Waals surface area contributed by atoms with E-state index in [1.165, 1.54) is 95.2 Å². The maximum absolute atomic E-state index is 7.36. The predicted octanol–water partition coefficient (Wildman–Crippen LogP) is 17.1. The average molecular weight is 825 g/mol. The highest BCUT2D eigenvalue weighted by molar-refractivity contribution is 7.34. The van der Waals surface area contributed by atoms with Crippen molar-refractivity contribution in [2.75, 3.05) is 0 Å². The summed E-state index contributed by atoms with van der Waals surface area (Å²) in [6.07, 6.45) is 20.8. The fourth-order valence-electron chi connectivity index (χ4n) is 8.24. The van der Waals surface area contributed by atoms with Crippen molar-refractivity contribution in [2.24, 2.45) is 5.92 Å². The van der Waals surface area contributed by atoms with Crippen LogP contribution in [0.3, 0.4) is 0 Å². The van der Waals surface area contributed by atoms with Crippen molar-refractivity contribution in [2.45, 2.75) is 182 Å². The molecule has 0 saturated heterocycles. The highest BCUT2D eigenvalue weighted by Gasteiger charge is 2.36. The zero-order valence-electron chi connectivity index (χ0n) is 38.2. The summed E-state index contributed by atoms with van der Waals surface area (Å²) in [4.78, 5) is 0. The van der Waals surface area contributed by atoms with Crippen LogP contribution in [-0.4, -0.2) is 5.34 Å². The number of rotatable bonds is 25. The minimum atomic E-state index is -0.479. The summed E-state index contributed by atoms with van der Waals surface area (Å²) in [5.74, 6) is 3.92. The molecule has 5 heteroatoms. The van der Waals surface area contributed by atoms with Crippen LogP contribution in [0, 0.1) is 19.8 Å². The molecule has 0 N–H and O–H groups in total. The smallest absolute Gasteiger partial charge is 0.157 e. The lowest BCUT2D eigenvalue weighted by molar-refractivity contribution is 0.169. The summed E-state index contributed by atoms with van der Waals surface area (Å²) in [5, 5.41) is -0.645. The van der Waals surface area contributed by atoms with Crippen molar-refractivity contribution in [3.05, 3.63) is 118 Å². The maximum Gasteiger partial charge on any atom is 0.157 e. The molecule has 0 aliphatic heterocycles. The highest BCUT2D eigenvalue weighted by atomic mass is 31.1. The minimum absolute atomic E-state index is 0.110. The Bertz CT molecular complexity index is 1820. The van der Waals surface area contributed by atoms with Crippen LogP contribution in [0.25, 0.3) is 12.2 Å². The predicted molar refractivity (Wildman–Crippen MR) is 258 cm³/mol. The first-order valence-electron chi connectivity index (χ1n) is 22.8. The van der Waals surface area contributed by atoms with Crippen molar-refractivity contribution < 1.29 is 13.8 Å². The van der Waals surface area contributed by atoms with E-state index in [4.69, 9.17) is 13.8 Å². The first-order valence-corrected chi connectivity index (χ1v) is 24.6. The van der Waals surface area contributed by atoms with E-state index in [2.05, 4.69) is 131 Å². The molecule has 58 heavy (non-hydrogen) atoms. The van der Waals surface area contributed by atoms with E-state index < -0.39 is 5.34 Å². The number of unbranched alkanes of at least 4 members (excludes halogenated alkanes) is 4. The van der Waals surface area contributed by atoms with Gasteiger partial charge in [0, 0.05) is 16.6 Å². The molecule has 0 aromatic heterocycles. The molecule has 1 aliphatic rings. The fourth-order valence-corrected chi connectivity index (χ4v) is 10.0. The van der Waals surface area contributed by atoms with Gasteiger partial charge in [-0.2, -0.15) is 0 Å². The van der Waals surface area contributed by atoms with Crippen LogP contribution >= 0.6 is 17.6 Å². The van der Waals surface area contributed by atoms with Gasteiger partial charge in [0.1, 0.15) is 26.1 Å². The van der Waals surface area contributed by atoms with E-state index in [9.17, 15) is 0 Å². The third-order valence-corrected chi connectivity index (χ3v) is 14.5. The molecule has 0 radical (unpaired) electrons. The van der Waals surface area contributed by atoms with Crippen molar-refractivity contribution >= 4 is 29.8 Å². The molecule has 0 saturated carbocycles. The third-order valence-electron chi connectivity index (χ3n) is 12.1. The van der Waals surface area contributed by atoms with Crippen molar-refractivity contribution in [3.8, 4) is 11.5 Å². The van der Waals surface area contributed by atoms with Crippen molar-refractivity contribution in [1.82, 2.24) is 0 Å². The van der Waals surface area contributed by atoms with E-state index in [-0.39, 0.29) is 28.7 Å². The monoisotopic (exact) mass is 825 g/mol. The number of allylic oxidation sites excluding steroid dienone is 2. The molecule has 0 spiro atoms. The molecule has 5 atom stereocenters. The fraction of sp³-hybridized carbons (Fsp3) is 0.547. The van der Waals surface area contributed by atoms with Gasteiger partial charge < -0.3 is 13.8 Å². The zero-order valence-corrected chi connectivity index (χ0v) is 40.2. The molecular weight excluding hydrogens is 747 g/mol. The zero-order chi connectivity index (χ0) is 42.3. The van der Waals surface area contributed by atoms with E-state index in [1.807, 2.05) is 12.2 Å². The second-order valence-electron chi connectivity index (χ2n) is 17.7. The molecule has 3 nitrogen and oxygen atoms in total. The molecule has 5 unspecified atom stereocenters. The molecule has 318 valence electrons. The summed E-state index contributed by atoms with van der Waals surface area (Å²) in [6, 6.07) is 18.3. The summed E-state index contributed by atoms with van der Waals surface area (Å²) >= 11 is 0. The topological polar surface area (TPSA) is 27.7 Å². The van der Waals surface area contributed by atoms with Gasteiger partial charge >= 0.3 is 0 Å². The Labute approximate surface area is 359 Å². The van der Waals surface area contributed by atoms with Crippen LogP contribution in [0.1, 0.15) is 189 Å². The molecule has 3 aromatic carbocycles. The van der Waals surface area contributed by atoms with Gasteiger partial charge in [0.2, 0.25) is 0 Å². The SMILES string of the molecule is C=Cc1cc(CCCC)c(OPC(C)(CC)Oc2cc(C)cc(CCCC)c2)c(C2CC(CCCC)CC(CCCC)=C2OPC(C)(C)c2ccc(C)c(C=C)c2)c1. The molecular formula is C53H78O3P2. The normalized spacial score (nSPS) is 17.3. The number of benzene rings is 3. The first kappa shape index (κ1) is 47.8. The Hall–Kier alpha value is -2.86. The van der Waals surface area contributed by atoms with E-state index in [1.54, 1.807) is 0 Å². The summed E-state index contributed by atoms with van der Waals surface area (Å²) in [6.45, 7) is 31.0. The van der Waals surface area contributed by atoms with Crippen LogP contribution in [0.2, 0.25) is 0 Å². The number of aryl methyl sites for hydroxylation is 4. The molecule has 4 rings (SSSR count). The van der Waals surface area contributed by atoms with E-state index in [0.29, 0.717) is 5.92 Å². The number of hydrogen-bond donors (Lipinski definition) is 0. The second kappa shape index (κ2) is 23.2. The molecule has 0 amide bonds. The summed E-state index contributed by atoms with van der Waals surface area (Å²) in [5.41, 5.74) is 11.6. The van der Waals surface area contributed by atoms with Crippen LogP contribution in [-0.2, 0) is 22.5 Å². The van der Waals surface area contributed by atoms with E-state index >= 15 is 0 Å². The van der Waals surface area contributed by atoms with Crippen LogP contribution in [0.5, 0.6) is 11.5 Å². The van der Waals surface area contributed by atoms with Gasteiger partial charge in [-0.05, 0) is 167 Å². The lowest BCUT2D eigenvalue weighted by Gasteiger charge is -2.37. The molecule has 0 bridgehead atoms. The number of hydrogen-bond acceptors (Lipinski definition) is 3. The van der Waals surface area contributed by atoms with Crippen LogP contribution in [0.15, 0.2) is 73.0 Å². The van der Waals surface area contributed by atoms with Crippen LogP contribution < -0.4 is 9.26 Å². The Balaban J connectivity index is 1.83. The average Bonchev–Trinajstić information content (AvgIpc) is 3.21. The Kier molecular flexibility index (Phi) is 19.1. The quantitative estimate of drug-likeness (QED) is 0.0797. The highest BCUT2D eigenvalue weighted by Crippen LogP contribution is 2.54. The molecule has 3 aromatic rings. The van der Waals surface area contributed by atoms with Gasteiger partial charge in [-0.3, -0.25) is 0 Å². The maximum atomic E-state index is 7.36. The lowest BCUT2D eigenvalue weighted by atomic mass is 9.74. The Morgan fingerprint density at radius 3 is 2.14 bits per heavy atom. The van der Waals surface area contributed by atoms with E-state index in [0.717, 1.165) is 68.4 Å². The van der Waals surface area contributed by atoms with Crippen molar-refractivity contribution in [1.29, 1.82) is 0 Å². The Morgan fingerprint density at radius 1 is 0.759 bits per heavy atom. The summed E-state index contributed by atoms with van der Waals surface area (Å²) in [7, 11) is 0.393. The lowest BCUT2D eigenvalue weighted by Crippen LogP contribution is -2.27. The molecule has 0 fully saturated rings.